The standard InChI is InChI=1S/C18H22F3N5O4S/c1-29-17(31)22-8-12-9-25(18(28)30-12)11-3-4-14(13(19)7-11)24-5-2-6-26(23-10-24)16(27)15(20)21/h3-4,7,12,15,23H,2,5-6,8-10H2,1H3,(H,22,31)/t12-/m0/s1. The zero-order chi connectivity index (χ0) is 22.5. The van der Waals surface area contributed by atoms with E-state index >= 15 is 0 Å². The van der Waals surface area contributed by atoms with Crippen LogP contribution in [0.3, 0.4) is 0 Å². The highest BCUT2D eigenvalue weighted by molar-refractivity contribution is 7.80. The minimum absolute atomic E-state index is 0.0202. The van der Waals surface area contributed by atoms with Crippen molar-refractivity contribution < 1.29 is 32.2 Å². The highest BCUT2D eigenvalue weighted by Gasteiger charge is 2.33. The monoisotopic (exact) mass is 461 g/mol. The Morgan fingerprint density at radius 1 is 1.42 bits per heavy atom. The maximum Gasteiger partial charge on any atom is 0.414 e. The van der Waals surface area contributed by atoms with Crippen LogP contribution in [-0.2, 0) is 14.3 Å². The van der Waals surface area contributed by atoms with Crippen LogP contribution in [0.25, 0.3) is 0 Å². The van der Waals surface area contributed by atoms with E-state index in [1.54, 1.807) is 11.0 Å². The number of benzene rings is 1. The molecule has 9 nitrogen and oxygen atoms in total. The van der Waals surface area contributed by atoms with E-state index in [0.29, 0.717) is 18.7 Å². The number of cyclic esters (lactones) is 1. The average Bonchev–Trinajstić information content (AvgIpc) is 2.96. The maximum atomic E-state index is 14.8. The van der Waals surface area contributed by atoms with Gasteiger partial charge in [0.1, 0.15) is 11.9 Å². The van der Waals surface area contributed by atoms with Gasteiger partial charge in [-0.05, 0) is 36.8 Å². The molecule has 0 saturated carbocycles. The Hall–Kier alpha value is -2.80. The van der Waals surface area contributed by atoms with E-state index in [4.69, 9.17) is 21.7 Å². The Bertz CT molecular complexity index is 846. The number of alkyl halides is 2. The number of methoxy groups -OCH3 is 1. The fourth-order valence-corrected chi connectivity index (χ4v) is 3.37. The van der Waals surface area contributed by atoms with E-state index in [1.165, 1.54) is 24.1 Å². The SMILES string of the molecule is COC(=S)NC[C@H]1CN(c2ccc(N3CCCN(C(=O)C(F)F)NC3)c(F)c2)C(=O)O1. The van der Waals surface area contributed by atoms with Gasteiger partial charge in [0.05, 0.1) is 38.2 Å². The summed E-state index contributed by atoms with van der Waals surface area (Å²) in [5, 5.41) is 3.82. The van der Waals surface area contributed by atoms with Gasteiger partial charge in [-0.15, -0.1) is 0 Å². The first kappa shape index (κ1) is 22.9. The molecule has 0 aromatic heterocycles. The maximum absolute atomic E-state index is 14.8. The summed E-state index contributed by atoms with van der Waals surface area (Å²) in [6, 6.07) is 4.28. The second-order valence-corrected chi connectivity index (χ2v) is 7.22. The summed E-state index contributed by atoms with van der Waals surface area (Å²) in [5.74, 6) is -1.91. The molecule has 0 unspecified atom stereocenters. The molecule has 13 heteroatoms. The lowest BCUT2D eigenvalue weighted by atomic mass is 10.2. The van der Waals surface area contributed by atoms with Gasteiger partial charge >= 0.3 is 18.4 Å². The predicted octanol–water partition coefficient (Wildman–Crippen LogP) is 1.44. The van der Waals surface area contributed by atoms with Crippen molar-refractivity contribution in [3.63, 3.8) is 0 Å². The molecule has 2 fully saturated rings. The molecule has 2 aliphatic rings. The van der Waals surface area contributed by atoms with E-state index < -0.39 is 30.3 Å². The molecular weight excluding hydrogens is 439 g/mol. The van der Waals surface area contributed by atoms with Crippen LogP contribution in [0.4, 0.5) is 29.3 Å². The number of thiocarbonyl (C=S) groups is 1. The Labute approximate surface area is 182 Å². The van der Waals surface area contributed by atoms with Crippen molar-refractivity contribution in [3.05, 3.63) is 24.0 Å². The van der Waals surface area contributed by atoms with Crippen LogP contribution in [0.15, 0.2) is 18.2 Å². The number of hydrogen-bond acceptors (Lipinski definition) is 7. The molecule has 170 valence electrons. The zero-order valence-corrected chi connectivity index (χ0v) is 17.5. The summed E-state index contributed by atoms with van der Waals surface area (Å²) >= 11 is 4.87. The largest absolute Gasteiger partial charge is 0.474 e. The van der Waals surface area contributed by atoms with Crippen molar-refractivity contribution in [1.29, 1.82) is 0 Å². The van der Waals surface area contributed by atoms with Gasteiger partial charge in [0.25, 0.3) is 5.17 Å². The summed E-state index contributed by atoms with van der Waals surface area (Å²) in [6.45, 7) is 0.874. The number of carbonyl (C=O) groups is 2. The number of rotatable bonds is 5. The highest BCUT2D eigenvalue weighted by Crippen LogP contribution is 2.28. The van der Waals surface area contributed by atoms with Crippen LogP contribution in [0.5, 0.6) is 0 Å². The Balaban J connectivity index is 1.64. The number of halogens is 3. The molecule has 31 heavy (non-hydrogen) atoms. The quantitative estimate of drug-likeness (QED) is 0.638. The zero-order valence-electron chi connectivity index (χ0n) is 16.6. The fourth-order valence-electron chi connectivity index (χ4n) is 3.29. The molecule has 0 bridgehead atoms. The lowest BCUT2D eigenvalue weighted by Gasteiger charge is -2.25. The van der Waals surface area contributed by atoms with E-state index in [2.05, 4.69) is 10.7 Å². The van der Waals surface area contributed by atoms with Gasteiger partial charge in [0.15, 0.2) is 0 Å². The van der Waals surface area contributed by atoms with Crippen molar-refractivity contribution in [2.45, 2.75) is 19.0 Å². The molecule has 1 aromatic carbocycles. The van der Waals surface area contributed by atoms with Crippen molar-refractivity contribution in [3.8, 4) is 0 Å². The second-order valence-electron chi connectivity index (χ2n) is 6.85. The number of ether oxygens (including phenoxy) is 2. The van der Waals surface area contributed by atoms with Crippen molar-refractivity contribution in [2.75, 3.05) is 49.8 Å². The third-order valence-electron chi connectivity index (χ3n) is 4.83. The number of carbonyl (C=O) groups excluding carboxylic acids is 2. The summed E-state index contributed by atoms with van der Waals surface area (Å²) in [6.07, 6.45) is -3.83. The van der Waals surface area contributed by atoms with Gasteiger partial charge in [0, 0.05) is 13.1 Å². The van der Waals surface area contributed by atoms with Crippen LogP contribution in [0, 0.1) is 5.82 Å². The minimum atomic E-state index is -3.11. The third kappa shape index (κ3) is 5.47. The van der Waals surface area contributed by atoms with Gasteiger partial charge in [-0.1, -0.05) is 0 Å². The molecule has 2 heterocycles. The number of nitrogens with zero attached hydrogens (tertiary/aromatic N) is 3. The topological polar surface area (TPSA) is 86.4 Å². The predicted molar refractivity (Wildman–Crippen MR) is 109 cm³/mol. The Morgan fingerprint density at radius 3 is 2.87 bits per heavy atom. The lowest BCUT2D eigenvalue weighted by Crippen LogP contribution is -2.47. The van der Waals surface area contributed by atoms with Gasteiger partial charge in [-0.3, -0.25) is 14.7 Å². The summed E-state index contributed by atoms with van der Waals surface area (Å²) < 4.78 is 50.2. The third-order valence-corrected chi connectivity index (χ3v) is 5.14. The molecule has 1 atom stereocenters. The van der Waals surface area contributed by atoms with E-state index in [0.717, 1.165) is 5.01 Å². The van der Waals surface area contributed by atoms with Crippen molar-refractivity contribution in [1.82, 2.24) is 15.8 Å². The molecule has 1 aromatic rings. The molecule has 2 N–H and O–H groups in total. The van der Waals surface area contributed by atoms with Gasteiger partial charge in [-0.2, -0.15) is 8.78 Å². The average molecular weight is 461 g/mol. The molecular formula is C18H22F3N5O4S. The number of anilines is 2. The molecule has 0 aliphatic carbocycles. The van der Waals surface area contributed by atoms with Crippen molar-refractivity contribution >= 4 is 40.8 Å². The van der Waals surface area contributed by atoms with E-state index in [-0.39, 0.29) is 37.2 Å². The molecule has 0 radical (unpaired) electrons. The molecule has 2 amide bonds. The van der Waals surface area contributed by atoms with Crippen LogP contribution in [0.2, 0.25) is 0 Å². The normalized spacial score (nSPS) is 19.3. The summed E-state index contributed by atoms with van der Waals surface area (Å²) in [5.41, 5.74) is 3.14. The van der Waals surface area contributed by atoms with Crippen LogP contribution < -0.4 is 20.5 Å². The van der Waals surface area contributed by atoms with Gasteiger partial charge in [-0.25, -0.2) is 14.6 Å². The first-order valence-electron chi connectivity index (χ1n) is 9.47. The van der Waals surface area contributed by atoms with E-state index in [9.17, 15) is 22.8 Å². The van der Waals surface area contributed by atoms with Crippen LogP contribution in [-0.4, -0.2) is 74.7 Å². The minimum Gasteiger partial charge on any atom is -0.474 e. The number of hydrazine groups is 1. The first-order valence-corrected chi connectivity index (χ1v) is 9.88. The molecule has 0 spiro atoms. The van der Waals surface area contributed by atoms with Gasteiger partial charge in [0.2, 0.25) is 0 Å². The van der Waals surface area contributed by atoms with Gasteiger partial charge < -0.3 is 19.7 Å². The number of hydrogen-bond donors (Lipinski definition) is 2. The van der Waals surface area contributed by atoms with Crippen LogP contribution >= 0.6 is 12.2 Å². The molecule has 2 aliphatic heterocycles. The second kappa shape index (κ2) is 10.0. The number of amides is 2. The smallest absolute Gasteiger partial charge is 0.414 e. The molecule has 2 saturated heterocycles. The first-order chi connectivity index (χ1) is 14.8. The fraction of sp³-hybridized carbons (Fsp3) is 0.500. The van der Waals surface area contributed by atoms with Crippen molar-refractivity contribution in [2.24, 2.45) is 0 Å². The number of nitrogens with one attached hydrogen (secondary N) is 2. The Morgan fingerprint density at radius 2 is 2.19 bits per heavy atom. The molecule has 3 rings (SSSR count). The summed E-state index contributed by atoms with van der Waals surface area (Å²) in [7, 11) is 1.42. The lowest BCUT2D eigenvalue weighted by molar-refractivity contribution is -0.145. The van der Waals surface area contributed by atoms with E-state index in [1.807, 2.05) is 0 Å². The highest BCUT2D eigenvalue weighted by atomic mass is 32.1. The van der Waals surface area contributed by atoms with Crippen LogP contribution in [0.1, 0.15) is 6.42 Å². The Kier molecular flexibility index (Phi) is 7.38. The summed E-state index contributed by atoms with van der Waals surface area (Å²) in [4.78, 5) is 26.5.